The lowest BCUT2D eigenvalue weighted by atomic mass is 10.3. The molecule has 0 spiro atoms. The van der Waals surface area contributed by atoms with Gasteiger partial charge in [0.1, 0.15) is 0 Å². The molecule has 5 heteroatoms. The summed E-state index contributed by atoms with van der Waals surface area (Å²) in [7, 11) is 0. The van der Waals surface area contributed by atoms with Crippen LogP contribution in [-0.4, -0.2) is 29.1 Å². The molecule has 0 radical (unpaired) electrons. The van der Waals surface area contributed by atoms with Gasteiger partial charge in [0.15, 0.2) is 0 Å². The number of anilines is 2. The lowest BCUT2D eigenvalue weighted by molar-refractivity contribution is -0.113. The molecular formula is C11H16N2O2S. The van der Waals surface area contributed by atoms with Crippen molar-refractivity contribution in [3.05, 3.63) is 24.3 Å². The summed E-state index contributed by atoms with van der Waals surface area (Å²) in [4.78, 5) is 11.5. The van der Waals surface area contributed by atoms with Crippen molar-refractivity contribution in [2.45, 2.75) is 6.42 Å². The maximum absolute atomic E-state index is 11.5. The van der Waals surface area contributed by atoms with Gasteiger partial charge in [-0.3, -0.25) is 4.79 Å². The Morgan fingerprint density at radius 1 is 1.50 bits per heavy atom. The molecule has 4 N–H and O–H groups in total. The number of carbonyl (C=O) groups is 1. The molecule has 4 nitrogen and oxygen atoms in total. The zero-order chi connectivity index (χ0) is 11.8. The van der Waals surface area contributed by atoms with Crippen LogP contribution in [0.15, 0.2) is 24.3 Å². The quantitative estimate of drug-likeness (QED) is 0.518. The largest absolute Gasteiger partial charge is 0.399 e. The van der Waals surface area contributed by atoms with Gasteiger partial charge in [-0.05, 0) is 30.4 Å². The van der Waals surface area contributed by atoms with Gasteiger partial charge in [0.25, 0.3) is 0 Å². The lowest BCUT2D eigenvalue weighted by Gasteiger charge is -2.05. The SMILES string of the molecule is Nc1cccc(NC(=O)CSCCCO)c1. The molecule has 0 saturated carbocycles. The van der Waals surface area contributed by atoms with Gasteiger partial charge < -0.3 is 16.2 Å². The molecule has 0 aromatic heterocycles. The van der Waals surface area contributed by atoms with Crippen LogP contribution < -0.4 is 11.1 Å². The maximum Gasteiger partial charge on any atom is 0.234 e. The fourth-order valence-corrected chi connectivity index (χ4v) is 1.88. The number of hydrogen-bond acceptors (Lipinski definition) is 4. The van der Waals surface area contributed by atoms with Gasteiger partial charge in [-0.25, -0.2) is 0 Å². The number of benzene rings is 1. The summed E-state index contributed by atoms with van der Waals surface area (Å²) in [6, 6.07) is 7.08. The van der Waals surface area contributed by atoms with Crippen molar-refractivity contribution in [3.8, 4) is 0 Å². The third-order valence-corrected chi connectivity index (χ3v) is 2.89. The Hall–Kier alpha value is -1.20. The van der Waals surface area contributed by atoms with Gasteiger partial charge in [0.05, 0.1) is 5.75 Å². The second-order valence-corrected chi connectivity index (χ2v) is 4.41. The van der Waals surface area contributed by atoms with E-state index in [0.29, 0.717) is 17.1 Å². The van der Waals surface area contributed by atoms with Crippen molar-refractivity contribution in [2.75, 3.05) is 29.2 Å². The third kappa shape index (κ3) is 5.04. The highest BCUT2D eigenvalue weighted by molar-refractivity contribution is 7.99. The predicted molar refractivity (Wildman–Crippen MR) is 68.5 cm³/mol. The van der Waals surface area contributed by atoms with Gasteiger partial charge in [0, 0.05) is 18.0 Å². The van der Waals surface area contributed by atoms with Crippen molar-refractivity contribution in [2.24, 2.45) is 0 Å². The number of aliphatic hydroxyl groups is 1. The molecule has 1 aromatic carbocycles. The zero-order valence-corrected chi connectivity index (χ0v) is 9.80. The Balaban J connectivity index is 2.29. The van der Waals surface area contributed by atoms with E-state index in [1.54, 1.807) is 24.3 Å². The minimum absolute atomic E-state index is 0.0476. The van der Waals surface area contributed by atoms with E-state index in [-0.39, 0.29) is 12.5 Å². The topological polar surface area (TPSA) is 75.3 Å². The van der Waals surface area contributed by atoms with E-state index in [2.05, 4.69) is 5.32 Å². The van der Waals surface area contributed by atoms with Gasteiger partial charge in [-0.1, -0.05) is 6.07 Å². The lowest BCUT2D eigenvalue weighted by Crippen LogP contribution is -2.14. The van der Waals surface area contributed by atoms with Crippen LogP contribution in [0, 0.1) is 0 Å². The van der Waals surface area contributed by atoms with E-state index in [1.807, 2.05) is 0 Å². The van der Waals surface area contributed by atoms with E-state index < -0.39 is 0 Å². The van der Waals surface area contributed by atoms with Crippen LogP contribution in [0.2, 0.25) is 0 Å². The molecule has 0 saturated heterocycles. The molecule has 0 bridgehead atoms. The number of aliphatic hydroxyl groups excluding tert-OH is 1. The van der Waals surface area contributed by atoms with Gasteiger partial charge in [0.2, 0.25) is 5.91 Å². The van der Waals surface area contributed by atoms with Crippen LogP contribution >= 0.6 is 11.8 Å². The van der Waals surface area contributed by atoms with Crippen LogP contribution in [0.4, 0.5) is 11.4 Å². The van der Waals surface area contributed by atoms with E-state index in [0.717, 1.165) is 12.2 Å². The number of nitrogens with one attached hydrogen (secondary N) is 1. The standard InChI is InChI=1S/C11H16N2O2S/c12-9-3-1-4-10(7-9)13-11(15)8-16-6-2-5-14/h1,3-4,7,14H,2,5-6,8,12H2,(H,13,15). The average molecular weight is 240 g/mol. The number of nitrogen functional groups attached to an aromatic ring is 1. The Labute approximate surface area is 99.2 Å². The van der Waals surface area contributed by atoms with E-state index >= 15 is 0 Å². The summed E-state index contributed by atoms with van der Waals surface area (Å²) >= 11 is 1.51. The van der Waals surface area contributed by atoms with Crippen molar-refractivity contribution < 1.29 is 9.90 Å². The summed E-state index contributed by atoms with van der Waals surface area (Å²) in [6.45, 7) is 0.170. The van der Waals surface area contributed by atoms with Crippen molar-refractivity contribution in [1.82, 2.24) is 0 Å². The minimum atomic E-state index is -0.0476. The number of rotatable bonds is 6. The molecule has 1 aromatic rings. The number of carbonyl (C=O) groups excluding carboxylic acids is 1. The van der Waals surface area contributed by atoms with Crippen LogP contribution in [0.3, 0.4) is 0 Å². The Kier molecular flexibility index (Phi) is 5.74. The molecule has 1 rings (SSSR count). The van der Waals surface area contributed by atoms with Gasteiger partial charge in [-0.15, -0.1) is 0 Å². The normalized spacial score (nSPS) is 10.1. The van der Waals surface area contributed by atoms with Crippen molar-refractivity contribution in [3.63, 3.8) is 0 Å². The molecule has 0 unspecified atom stereocenters. The molecular weight excluding hydrogens is 224 g/mol. The van der Waals surface area contributed by atoms with Crippen LogP contribution in [0.5, 0.6) is 0 Å². The molecule has 0 fully saturated rings. The van der Waals surface area contributed by atoms with E-state index in [1.165, 1.54) is 11.8 Å². The highest BCUT2D eigenvalue weighted by atomic mass is 32.2. The summed E-state index contributed by atoms with van der Waals surface area (Å²) in [6.07, 6.45) is 0.718. The number of nitrogens with two attached hydrogens (primary N) is 1. The number of thioether (sulfide) groups is 1. The fraction of sp³-hybridized carbons (Fsp3) is 0.364. The molecule has 0 aliphatic carbocycles. The predicted octanol–water partition coefficient (Wildman–Crippen LogP) is 1.32. The molecule has 0 aliphatic heterocycles. The first kappa shape index (κ1) is 12.9. The minimum Gasteiger partial charge on any atom is -0.399 e. The summed E-state index contributed by atoms with van der Waals surface area (Å²) in [5.74, 6) is 1.14. The molecule has 0 heterocycles. The Morgan fingerprint density at radius 3 is 3.00 bits per heavy atom. The van der Waals surface area contributed by atoms with Crippen LogP contribution in [0.1, 0.15) is 6.42 Å². The van der Waals surface area contributed by atoms with E-state index in [4.69, 9.17) is 10.8 Å². The Bertz CT molecular complexity index is 345. The summed E-state index contributed by atoms with van der Waals surface area (Å²) in [5, 5.41) is 11.3. The molecule has 0 atom stereocenters. The van der Waals surface area contributed by atoms with Crippen LogP contribution in [-0.2, 0) is 4.79 Å². The highest BCUT2D eigenvalue weighted by Gasteiger charge is 2.02. The molecule has 0 aliphatic rings. The average Bonchev–Trinajstić information content (AvgIpc) is 2.24. The number of amides is 1. The fourth-order valence-electron chi connectivity index (χ4n) is 1.14. The maximum atomic E-state index is 11.5. The monoisotopic (exact) mass is 240 g/mol. The molecule has 1 amide bonds. The summed E-state index contributed by atoms with van der Waals surface area (Å²) < 4.78 is 0. The molecule has 16 heavy (non-hydrogen) atoms. The first-order chi connectivity index (χ1) is 7.72. The van der Waals surface area contributed by atoms with Crippen molar-refractivity contribution >= 4 is 29.0 Å². The first-order valence-electron chi connectivity index (χ1n) is 5.06. The second kappa shape index (κ2) is 7.14. The van der Waals surface area contributed by atoms with Crippen LogP contribution in [0.25, 0.3) is 0 Å². The number of hydrogen-bond donors (Lipinski definition) is 3. The first-order valence-corrected chi connectivity index (χ1v) is 6.22. The highest BCUT2D eigenvalue weighted by Crippen LogP contribution is 2.12. The Morgan fingerprint density at radius 2 is 2.31 bits per heavy atom. The summed E-state index contributed by atoms with van der Waals surface area (Å²) in [5.41, 5.74) is 6.94. The van der Waals surface area contributed by atoms with Crippen molar-refractivity contribution in [1.29, 1.82) is 0 Å². The van der Waals surface area contributed by atoms with E-state index in [9.17, 15) is 4.79 Å². The third-order valence-electron chi connectivity index (χ3n) is 1.85. The zero-order valence-electron chi connectivity index (χ0n) is 8.98. The molecule has 88 valence electrons. The second-order valence-electron chi connectivity index (χ2n) is 3.30. The van der Waals surface area contributed by atoms with Gasteiger partial charge in [-0.2, -0.15) is 11.8 Å². The van der Waals surface area contributed by atoms with Gasteiger partial charge >= 0.3 is 0 Å². The smallest absolute Gasteiger partial charge is 0.234 e.